The first-order valence-corrected chi connectivity index (χ1v) is 7.03. The largest absolute Gasteiger partial charge is 0.324 e. The highest BCUT2D eigenvalue weighted by atomic mass is 35.5. The average molecular weight is 313 g/mol. The number of hydrogen-bond acceptors (Lipinski definition) is 3. The minimum absolute atomic E-state index is 0. The zero-order valence-electron chi connectivity index (χ0n) is 10.5. The van der Waals surface area contributed by atoms with E-state index in [4.69, 9.17) is 17.3 Å². The quantitative estimate of drug-likeness (QED) is 0.894. The summed E-state index contributed by atoms with van der Waals surface area (Å²) in [6, 6.07) is 4.89. The van der Waals surface area contributed by atoms with Crippen LogP contribution in [0.25, 0.3) is 0 Å². The van der Waals surface area contributed by atoms with Gasteiger partial charge in [-0.3, -0.25) is 0 Å². The van der Waals surface area contributed by atoms with Crippen LogP contribution in [0.15, 0.2) is 23.1 Å². The van der Waals surface area contributed by atoms with E-state index in [0.717, 1.165) is 5.56 Å². The maximum atomic E-state index is 12.0. The van der Waals surface area contributed by atoms with Gasteiger partial charge in [0, 0.05) is 12.1 Å². The number of halogens is 2. The molecule has 7 heteroatoms. The average Bonchev–Trinajstić information content (AvgIpc) is 2.18. The van der Waals surface area contributed by atoms with Gasteiger partial charge in [0.15, 0.2) is 0 Å². The lowest BCUT2D eigenvalue weighted by atomic mass is 10.1. The molecule has 1 aromatic carbocycles. The Morgan fingerprint density at radius 1 is 1.39 bits per heavy atom. The SMILES string of the molecule is Cc1cccc(S(=O)(=O)NCC(C)(C)N)c1Cl.Cl. The van der Waals surface area contributed by atoms with Crippen LogP contribution in [0, 0.1) is 6.92 Å². The van der Waals surface area contributed by atoms with Crippen molar-refractivity contribution in [1.29, 1.82) is 0 Å². The van der Waals surface area contributed by atoms with Gasteiger partial charge in [-0.05, 0) is 32.4 Å². The van der Waals surface area contributed by atoms with Crippen molar-refractivity contribution >= 4 is 34.0 Å². The fourth-order valence-corrected chi connectivity index (χ4v) is 2.99. The van der Waals surface area contributed by atoms with Gasteiger partial charge in [-0.15, -0.1) is 12.4 Å². The Kier molecular flexibility index (Phi) is 6.10. The molecule has 0 unspecified atom stereocenters. The van der Waals surface area contributed by atoms with Gasteiger partial charge in [0.05, 0.1) is 5.02 Å². The summed E-state index contributed by atoms with van der Waals surface area (Å²) in [6.45, 7) is 5.40. The van der Waals surface area contributed by atoms with Crippen LogP contribution in [0.3, 0.4) is 0 Å². The van der Waals surface area contributed by atoms with Crippen molar-refractivity contribution in [2.45, 2.75) is 31.2 Å². The van der Waals surface area contributed by atoms with Gasteiger partial charge < -0.3 is 5.73 Å². The molecule has 0 amide bonds. The number of nitrogens with two attached hydrogens (primary N) is 1. The Balaban J connectivity index is 0.00000289. The van der Waals surface area contributed by atoms with E-state index in [-0.39, 0.29) is 28.9 Å². The highest BCUT2D eigenvalue weighted by Crippen LogP contribution is 2.24. The number of hydrogen-bond donors (Lipinski definition) is 2. The topological polar surface area (TPSA) is 72.2 Å². The number of sulfonamides is 1. The van der Waals surface area contributed by atoms with Crippen molar-refractivity contribution in [2.75, 3.05) is 6.54 Å². The minimum Gasteiger partial charge on any atom is -0.324 e. The van der Waals surface area contributed by atoms with E-state index in [9.17, 15) is 8.42 Å². The van der Waals surface area contributed by atoms with E-state index < -0.39 is 15.6 Å². The molecule has 104 valence electrons. The van der Waals surface area contributed by atoms with Crippen LogP contribution >= 0.6 is 24.0 Å². The molecule has 0 aliphatic carbocycles. The van der Waals surface area contributed by atoms with E-state index in [1.165, 1.54) is 6.07 Å². The minimum atomic E-state index is -3.61. The first kappa shape index (κ1) is 17.7. The number of rotatable bonds is 4. The number of aryl methyl sites for hydroxylation is 1. The van der Waals surface area contributed by atoms with Gasteiger partial charge in [0.2, 0.25) is 10.0 Å². The molecule has 0 heterocycles. The van der Waals surface area contributed by atoms with Gasteiger partial charge in [-0.25, -0.2) is 13.1 Å². The summed E-state index contributed by atoms with van der Waals surface area (Å²) in [5, 5.41) is 0.245. The summed E-state index contributed by atoms with van der Waals surface area (Å²) in [7, 11) is -3.61. The fourth-order valence-electron chi connectivity index (χ4n) is 1.19. The zero-order chi connectivity index (χ0) is 13.3. The molecular formula is C11H18Cl2N2O2S. The van der Waals surface area contributed by atoms with Gasteiger partial charge >= 0.3 is 0 Å². The second-order valence-corrected chi connectivity index (χ2v) is 6.81. The molecule has 0 spiro atoms. The Hall–Kier alpha value is -0.330. The number of nitrogens with one attached hydrogen (secondary N) is 1. The Bertz CT molecular complexity index is 510. The van der Waals surface area contributed by atoms with Gasteiger partial charge in [0.25, 0.3) is 0 Å². The lowest BCUT2D eigenvalue weighted by Crippen LogP contribution is -2.45. The van der Waals surface area contributed by atoms with Crippen LogP contribution in [0.2, 0.25) is 5.02 Å². The molecule has 1 aromatic rings. The Morgan fingerprint density at radius 2 is 1.94 bits per heavy atom. The summed E-state index contributed by atoms with van der Waals surface area (Å²) < 4.78 is 26.4. The van der Waals surface area contributed by atoms with Crippen LogP contribution in [0.5, 0.6) is 0 Å². The summed E-state index contributed by atoms with van der Waals surface area (Å²) in [5.74, 6) is 0. The van der Waals surface area contributed by atoms with Gasteiger partial charge in [-0.2, -0.15) is 0 Å². The molecule has 1 rings (SSSR count). The molecule has 0 bridgehead atoms. The van der Waals surface area contributed by atoms with Crippen molar-refractivity contribution in [1.82, 2.24) is 4.72 Å². The monoisotopic (exact) mass is 312 g/mol. The molecule has 0 saturated heterocycles. The molecule has 0 atom stereocenters. The maximum absolute atomic E-state index is 12.0. The molecule has 0 radical (unpaired) electrons. The molecule has 0 aromatic heterocycles. The standard InChI is InChI=1S/C11H17ClN2O2S.ClH/c1-8-5-4-6-9(10(8)12)17(15,16)14-7-11(2,3)13;/h4-6,14H,7,13H2,1-3H3;1H. The molecular weight excluding hydrogens is 295 g/mol. The van der Waals surface area contributed by atoms with Gasteiger partial charge in [-0.1, -0.05) is 23.7 Å². The smallest absolute Gasteiger partial charge is 0.242 e. The van der Waals surface area contributed by atoms with Crippen molar-refractivity contribution in [2.24, 2.45) is 5.73 Å². The fraction of sp³-hybridized carbons (Fsp3) is 0.455. The molecule has 4 nitrogen and oxygen atoms in total. The summed E-state index contributed by atoms with van der Waals surface area (Å²) in [4.78, 5) is 0.0865. The molecule has 0 aliphatic rings. The first-order chi connectivity index (χ1) is 7.63. The summed E-state index contributed by atoms with van der Waals surface area (Å²) >= 11 is 5.98. The van der Waals surface area contributed by atoms with Crippen LogP contribution in [0.4, 0.5) is 0 Å². The van der Waals surface area contributed by atoms with E-state index in [1.54, 1.807) is 32.9 Å². The van der Waals surface area contributed by atoms with Crippen LogP contribution in [-0.4, -0.2) is 20.5 Å². The summed E-state index contributed by atoms with van der Waals surface area (Å²) in [5.41, 5.74) is 5.84. The predicted octanol–water partition coefficient (Wildman–Crippen LogP) is 2.09. The van der Waals surface area contributed by atoms with E-state index in [1.807, 2.05) is 0 Å². The Morgan fingerprint density at radius 3 is 2.44 bits per heavy atom. The normalized spacial score (nSPS) is 12.1. The molecule has 3 N–H and O–H groups in total. The third-order valence-electron chi connectivity index (χ3n) is 2.16. The van der Waals surface area contributed by atoms with Crippen molar-refractivity contribution in [3.63, 3.8) is 0 Å². The molecule has 0 aliphatic heterocycles. The van der Waals surface area contributed by atoms with Crippen LogP contribution < -0.4 is 10.5 Å². The van der Waals surface area contributed by atoms with E-state index in [2.05, 4.69) is 4.72 Å². The van der Waals surface area contributed by atoms with Crippen LogP contribution in [-0.2, 0) is 10.0 Å². The number of benzene rings is 1. The zero-order valence-corrected chi connectivity index (χ0v) is 12.9. The lowest BCUT2D eigenvalue weighted by Gasteiger charge is -2.19. The second-order valence-electron chi connectivity index (χ2n) is 4.70. The highest BCUT2D eigenvalue weighted by Gasteiger charge is 2.21. The van der Waals surface area contributed by atoms with E-state index in [0.29, 0.717) is 0 Å². The molecule has 0 saturated carbocycles. The lowest BCUT2D eigenvalue weighted by molar-refractivity contribution is 0.498. The first-order valence-electron chi connectivity index (χ1n) is 5.17. The van der Waals surface area contributed by atoms with Crippen molar-refractivity contribution in [3.05, 3.63) is 28.8 Å². The maximum Gasteiger partial charge on any atom is 0.242 e. The van der Waals surface area contributed by atoms with Crippen molar-refractivity contribution < 1.29 is 8.42 Å². The predicted molar refractivity (Wildman–Crippen MR) is 76.9 cm³/mol. The third-order valence-corrected chi connectivity index (χ3v) is 4.22. The molecule has 18 heavy (non-hydrogen) atoms. The second kappa shape index (κ2) is 6.21. The molecule has 0 fully saturated rings. The third kappa shape index (κ3) is 4.74. The summed E-state index contributed by atoms with van der Waals surface area (Å²) in [6.07, 6.45) is 0. The Labute approximate surface area is 119 Å². The van der Waals surface area contributed by atoms with Crippen LogP contribution in [0.1, 0.15) is 19.4 Å². The van der Waals surface area contributed by atoms with Crippen molar-refractivity contribution in [3.8, 4) is 0 Å². The highest BCUT2D eigenvalue weighted by molar-refractivity contribution is 7.89. The van der Waals surface area contributed by atoms with Gasteiger partial charge in [0.1, 0.15) is 4.90 Å². The van der Waals surface area contributed by atoms with E-state index >= 15 is 0 Å².